The van der Waals surface area contributed by atoms with E-state index in [0.717, 1.165) is 35.8 Å². The van der Waals surface area contributed by atoms with Crippen LogP contribution in [0.3, 0.4) is 0 Å². The lowest BCUT2D eigenvalue weighted by Crippen LogP contribution is -2.47. The van der Waals surface area contributed by atoms with Crippen LogP contribution in [0.5, 0.6) is 0 Å². The molecule has 1 aromatic rings. The number of aryl methyl sites for hydroxylation is 1. The molecule has 2 N–H and O–H groups in total. The summed E-state index contributed by atoms with van der Waals surface area (Å²) in [6.07, 6.45) is 2.32. The SMILES string of the molecule is COC(=O)C(CC1CCNCC1)NC(=O)CN(C)S(=O)(=O)c1ccc(C)cc1. The van der Waals surface area contributed by atoms with E-state index in [2.05, 4.69) is 10.6 Å². The Kier molecular flexibility index (Phi) is 7.97. The number of piperidine rings is 1. The summed E-state index contributed by atoms with van der Waals surface area (Å²) >= 11 is 0. The van der Waals surface area contributed by atoms with E-state index in [1.54, 1.807) is 12.1 Å². The first kappa shape index (κ1) is 22.3. The number of carbonyl (C=O) groups is 2. The molecule has 0 radical (unpaired) electrons. The van der Waals surface area contributed by atoms with E-state index in [4.69, 9.17) is 4.74 Å². The highest BCUT2D eigenvalue weighted by Crippen LogP contribution is 2.19. The maximum absolute atomic E-state index is 12.6. The summed E-state index contributed by atoms with van der Waals surface area (Å²) < 4.78 is 31.0. The molecule has 0 saturated carbocycles. The number of esters is 1. The molecule has 0 aliphatic carbocycles. The van der Waals surface area contributed by atoms with Crippen LogP contribution < -0.4 is 10.6 Å². The van der Waals surface area contributed by atoms with Crippen LogP contribution in [-0.2, 0) is 24.3 Å². The molecular weight excluding hydrogens is 382 g/mol. The topological polar surface area (TPSA) is 105 Å². The van der Waals surface area contributed by atoms with Gasteiger partial charge in [0.1, 0.15) is 6.04 Å². The number of nitrogens with zero attached hydrogens (tertiary/aromatic N) is 1. The Morgan fingerprint density at radius 1 is 1.25 bits per heavy atom. The van der Waals surface area contributed by atoms with Gasteiger partial charge in [-0.05, 0) is 57.3 Å². The van der Waals surface area contributed by atoms with Gasteiger partial charge >= 0.3 is 5.97 Å². The Morgan fingerprint density at radius 3 is 2.43 bits per heavy atom. The molecule has 1 fully saturated rings. The Morgan fingerprint density at radius 2 is 1.86 bits per heavy atom. The molecule has 1 atom stereocenters. The second-order valence-corrected chi connectivity index (χ2v) is 9.19. The smallest absolute Gasteiger partial charge is 0.328 e. The van der Waals surface area contributed by atoms with Crippen LogP contribution in [0.4, 0.5) is 0 Å². The minimum atomic E-state index is -3.79. The molecule has 1 aliphatic rings. The van der Waals surface area contributed by atoms with Gasteiger partial charge in [-0.1, -0.05) is 17.7 Å². The van der Waals surface area contributed by atoms with Crippen molar-refractivity contribution in [2.75, 3.05) is 33.8 Å². The number of ether oxygens (including phenoxy) is 1. The standard InChI is InChI=1S/C19H29N3O5S/c1-14-4-6-16(7-5-14)28(25,26)22(2)13-18(23)21-17(19(24)27-3)12-15-8-10-20-11-9-15/h4-7,15,17,20H,8-13H2,1-3H3,(H,21,23). The van der Waals surface area contributed by atoms with Crippen molar-refractivity contribution in [2.45, 2.75) is 37.1 Å². The van der Waals surface area contributed by atoms with Crippen LogP contribution in [0, 0.1) is 12.8 Å². The van der Waals surface area contributed by atoms with E-state index in [9.17, 15) is 18.0 Å². The van der Waals surface area contributed by atoms with Gasteiger partial charge in [-0.15, -0.1) is 0 Å². The van der Waals surface area contributed by atoms with Gasteiger partial charge in [-0.2, -0.15) is 4.31 Å². The zero-order valence-corrected chi connectivity index (χ0v) is 17.4. The van der Waals surface area contributed by atoms with Gasteiger partial charge in [-0.3, -0.25) is 4.79 Å². The first-order valence-electron chi connectivity index (χ1n) is 9.35. The first-order valence-corrected chi connectivity index (χ1v) is 10.8. The molecule has 1 saturated heterocycles. The molecular formula is C19H29N3O5S. The highest BCUT2D eigenvalue weighted by atomic mass is 32.2. The van der Waals surface area contributed by atoms with Crippen molar-refractivity contribution in [2.24, 2.45) is 5.92 Å². The van der Waals surface area contributed by atoms with E-state index in [1.165, 1.54) is 26.3 Å². The third-order valence-electron chi connectivity index (χ3n) is 4.94. The lowest BCUT2D eigenvalue weighted by molar-refractivity contribution is -0.145. The summed E-state index contributed by atoms with van der Waals surface area (Å²) in [5, 5.41) is 5.90. The van der Waals surface area contributed by atoms with Gasteiger partial charge in [0.05, 0.1) is 18.6 Å². The van der Waals surface area contributed by atoms with Crippen molar-refractivity contribution < 1.29 is 22.7 Å². The number of benzene rings is 1. The minimum Gasteiger partial charge on any atom is -0.467 e. The van der Waals surface area contributed by atoms with Crippen LogP contribution >= 0.6 is 0 Å². The molecule has 0 aromatic heterocycles. The summed E-state index contributed by atoms with van der Waals surface area (Å²) in [7, 11) is -1.17. The summed E-state index contributed by atoms with van der Waals surface area (Å²) in [5.41, 5.74) is 0.943. The maximum atomic E-state index is 12.6. The monoisotopic (exact) mass is 411 g/mol. The van der Waals surface area contributed by atoms with Gasteiger partial charge in [0, 0.05) is 7.05 Å². The van der Waals surface area contributed by atoms with E-state index in [-0.39, 0.29) is 11.4 Å². The molecule has 8 nitrogen and oxygen atoms in total. The zero-order chi connectivity index (χ0) is 20.7. The fourth-order valence-corrected chi connectivity index (χ4v) is 4.35. The molecule has 9 heteroatoms. The zero-order valence-electron chi connectivity index (χ0n) is 16.6. The Bertz CT molecular complexity index is 773. The fourth-order valence-electron chi connectivity index (χ4n) is 3.22. The summed E-state index contributed by atoms with van der Waals surface area (Å²) in [4.78, 5) is 24.6. The van der Waals surface area contributed by atoms with E-state index >= 15 is 0 Å². The van der Waals surface area contributed by atoms with Crippen LogP contribution in [0.25, 0.3) is 0 Å². The number of likely N-dealkylation sites (N-methyl/N-ethyl adjacent to an activating group) is 1. The van der Waals surface area contributed by atoms with Gasteiger partial charge in [-0.25, -0.2) is 13.2 Å². The quantitative estimate of drug-likeness (QED) is 0.609. The number of methoxy groups -OCH3 is 1. The molecule has 2 rings (SSSR count). The highest BCUT2D eigenvalue weighted by Gasteiger charge is 2.28. The second kappa shape index (κ2) is 9.99. The number of amides is 1. The molecule has 28 heavy (non-hydrogen) atoms. The Balaban J connectivity index is 2.00. The third-order valence-corrected chi connectivity index (χ3v) is 6.76. The molecule has 0 spiro atoms. The Labute approximate surface area is 166 Å². The average Bonchev–Trinajstić information content (AvgIpc) is 2.67. The predicted molar refractivity (Wildman–Crippen MR) is 105 cm³/mol. The van der Waals surface area contributed by atoms with Gasteiger partial charge in [0.2, 0.25) is 15.9 Å². The number of nitrogens with one attached hydrogen (secondary N) is 2. The van der Waals surface area contributed by atoms with E-state index < -0.39 is 27.9 Å². The number of carbonyl (C=O) groups excluding carboxylic acids is 2. The minimum absolute atomic E-state index is 0.118. The first-order chi connectivity index (χ1) is 13.2. The Hall–Kier alpha value is -1.97. The summed E-state index contributed by atoms with van der Waals surface area (Å²) in [6, 6.07) is 5.64. The van der Waals surface area contributed by atoms with Crippen molar-refractivity contribution in [1.82, 2.24) is 14.9 Å². The average molecular weight is 412 g/mol. The lowest BCUT2D eigenvalue weighted by Gasteiger charge is -2.27. The molecule has 1 amide bonds. The highest BCUT2D eigenvalue weighted by molar-refractivity contribution is 7.89. The summed E-state index contributed by atoms with van der Waals surface area (Å²) in [5.74, 6) is -0.752. The van der Waals surface area contributed by atoms with E-state index in [0.29, 0.717) is 12.3 Å². The van der Waals surface area contributed by atoms with Crippen LogP contribution in [-0.4, -0.2) is 64.4 Å². The molecule has 0 bridgehead atoms. The normalized spacial score (nSPS) is 16.6. The van der Waals surface area contributed by atoms with Crippen molar-refractivity contribution in [3.8, 4) is 0 Å². The second-order valence-electron chi connectivity index (χ2n) is 7.15. The lowest BCUT2D eigenvalue weighted by atomic mass is 9.91. The molecule has 1 unspecified atom stereocenters. The number of hydrogen-bond acceptors (Lipinski definition) is 6. The molecule has 1 heterocycles. The number of rotatable bonds is 8. The molecule has 1 aliphatic heterocycles. The van der Waals surface area contributed by atoms with Gasteiger partial charge in [0.25, 0.3) is 0 Å². The van der Waals surface area contributed by atoms with Crippen molar-refractivity contribution in [3.63, 3.8) is 0 Å². The third kappa shape index (κ3) is 6.02. The van der Waals surface area contributed by atoms with Gasteiger partial charge in [0.15, 0.2) is 0 Å². The van der Waals surface area contributed by atoms with Crippen molar-refractivity contribution >= 4 is 21.9 Å². The molecule has 156 valence electrons. The van der Waals surface area contributed by atoms with Crippen LogP contribution in [0.1, 0.15) is 24.8 Å². The van der Waals surface area contributed by atoms with Crippen LogP contribution in [0.2, 0.25) is 0 Å². The summed E-state index contributed by atoms with van der Waals surface area (Å²) in [6.45, 7) is 3.24. The largest absolute Gasteiger partial charge is 0.467 e. The van der Waals surface area contributed by atoms with E-state index in [1.807, 2.05) is 6.92 Å². The number of hydrogen-bond donors (Lipinski definition) is 2. The van der Waals surface area contributed by atoms with Crippen LogP contribution in [0.15, 0.2) is 29.2 Å². The fraction of sp³-hybridized carbons (Fsp3) is 0.579. The van der Waals surface area contributed by atoms with Gasteiger partial charge < -0.3 is 15.4 Å². The number of sulfonamides is 1. The van der Waals surface area contributed by atoms with Crippen molar-refractivity contribution in [1.29, 1.82) is 0 Å². The molecule has 1 aromatic carbocycles. The predicted octanol–water partition coefficient (Wildman–Crippen LogP) is 0.663. The maximum Gasteiger partial charge on any atom is 0.328 e. The van der Waals surface area contributed by atoms with Crippen molar-refractivity contribution in [3.05, 3.63) is 29.8 Å².